The molecule has 0 N–H and O–H groups in total. The summed E-state index contributed by atoms with van der Waals surface area (Å²) >= 11 is 0. The van der Waals surface area contributed by atoms with Gasteiger partial charge in [0.15, 0.2) is 0 Å². The standard InChI is InChI=1S/C12H7O.C5H.Fe/c1-13-12-8-6-11(7-9-12)10-4-2-3-5-10;1-2-4-5-3-1;/h6-9H,1H3;1H;/q2*-1;+2. The van der Waals surface area contributed by atoms with Crippen LogP contribution in [0.3, 0.4) is 0 Å². The Morgan fingerprint density at radius 3 is 2.26 bits per heavy atom. The Balaban J connectivity index is 0.000000256. The monoisotopic (exact) mass is 284 g/mol. The molecular formula is C17H8FeO. The molecule has 19 heavy (non-hydrogen) atoms. The minimum Gasteiger partial charge on any atom is -0.497 e. The average molecular weight is 284 g/mol. The fourth-order valence-corrected chi connectivity index (χ4v) is 1.30. The molecule has 0 spiro atoms. The first-order valence-corrected chi connectivity index (χ1v) is 5.26. The van der Waals surface area contributed by atoms with Crippen molar-refractivity contribution in [3.63, 3.8) is 0 Å². The molecule has 0 unspecified atom stereocenters. The van der Waals surface area contributed by atoms with Crippen molar-refractivity contribution in [1.82, 2.24) is 0 Å². The quantitative estimate of drug-likeness (QED) is 0.460. The zero-order valence-electron chi connectivity index (χ0n) is 10.1. The SMILES string of the molecule is C1=C=[C-]C=C=1.COc1ccc(C2=C=C=C=[C-]2)cc1.[Fe+2]. The molecule has 0 heterocycles. The zero-order chi connectivity index (χ0) is 12.6. The summed E-state index contributed by atoms with van der Waals surface area (Å²) in [5.74, 6) is 0.850. The van der Waals surface area contributed by atoms with E-state index in [9.17, 15) is 0 Å². The summed E-state index contributed by atoms with van der Waals surface area (Å²) in [5.41, 5.74) is 18.0. The first-order chi connectivity index (χ1) is 8.90. The van der Waals surface area contributed by atoms with E-state index >= 15 is 0 Å². The van der Waals surface area contributed by atoms with Gasteiger partial charge in [0.25, 0.3) is 0 Å². The molecule has 3 rings (SSSR count). The van der Waals surface area contributed by atoms with E-state index in [0.717, 1.165) is 16.9 Å². The molecule has 90 valence electrons. The van der Waals surface area contributed by atoms with Crippen LogP contribution in [0.25, 0.3) is 5.57 Å². The summed E-state index contributed by atoms with van der Waals surface area (Å²) in [6.45, 7) is 0. The normalized spacial score (nSPS) is 11.1. The van der Waals surface area contributed by atoms with Crippen molar-refractivity contribution in [3.05, 3.63) is 82.4 Å². The second-order valence-corrected chi connectivity index (χ2v) is 3.29. The van der Waals surface area contributed by atoms with Crippen LogP contribution in [0.4, 0.5) is 0 Å². The van der Waals surface area contributed by atoms with Gasteiger partial charge in [-0.2, -0.15) is 11.5 Å². The van der Waals surface area contributed by atoms with Crippen LogP contribution in [0.1, 0.15) is 5.56 Å². The molecule has 0 aliphatic heterocycles. The summed E-state index contributed by atoms with van der Waals surface area (Å²) < 4.78 is 5.05. The maximum atomic E-state index is 5.05. The maximum absolute atomic E-state index is 5.05. The van der Waals surface area contributed by atoms with Gasteiger partial charge < -0.3 is 4.74 Å². The van der Waals surface area contributed by atoms with Crippen LogP contribution in [0.5, 0.6) is 5.75 Å². The van der Waals surface area contributed by atoms with Gasteiger partial charge in [0.2, 0.25) is 0 Å². The Morgan fingerprint density at radius 2 is 1.84 bits per heavy atom. The van der Waals surface area contributed by atoms with Crippen LogP contribution < -0.4 is 4.74 Å². The Morgan fingerprint density at radius 1 is 1.05 bits per heavy atom. The van der Waals surface area contributed by atoms with Crippen LogP contribution in [-0.2, 0) is 17.1 Å². The molecule has 2 aliphatic carbocycles. The summed E-state index contributed by atoms with van der Waals surface area (Å²) in [6, 6.07) is 7.74. The molecule has 0 fully saturated rings. The van der Waals surface area contributed by atoms with Crippen molar-refractivity contribution in [2.75, 3.05) is 7.11 Å². The van der Waals surface area contributed by atoms with Gasteiger partial charge in [-0.3, -0.25) is 11.5 Å². The van der Waals surface area contributed by atoms with Gasteiger partial charge >= 0.3 is 17.1 Å². The first-order valence-electron chi connectivity index (χ1n) is 5.26. The molecule has 2 heteroatoms. The predicted molar refractivity (Wildman–Crippen MR) is 68.5 cm³/mol. The zero-order valence-corrected chi connectivity index (χ0v) is 11.3. The van der Waals surface area contributed by atoms with E-state index in [1.807, 2.05) is 24.3 Å². The molecule has 0 atom stereocenters. The van der Waals surface area contributed by atoms with Crippen LogP contribution >= 0.6 is 0 Å². The van der Waals surface area contributed by atoms with Gasteiger partial charge in [-0.1, -0.05) is 23.8 Å². The minimum atomic E-state index is 0. The molecule has 0 saturated carbocycles. The van der Waals surface area contributed by atoms with E-state index < -0.39 is 0 Å². The van der Waals surface area contributed by atoms with Gasteiger partial charge in [-0.25, -0.2) is 11.5 Å². The molecule has 1 aromatic carbocycles. The molecule has 0 aromatic heterocycles. The predicted octanol–water partition coefficient (Wildman–Crippen LogP) is 3.18. The second kappa shape index (κ2) is 7.92. The van der Waals surface area contributed by atoms with Crippen molar-refractivity contribution < 1.29 is 21.8 Å². The summed E-state index contributed by atoms with van der Waals surface area (Å²) in [4.78, 5) is 0. The van der Waals surface area contributed by atoms with E-state index in [1.54, 1.807) is 13.2 Å². The van der Waals surface area contributed by atoms with Gasteiger partial charge in [0.05, 0.1) is 7.11 Å². The third-order valence-electron chi connectivity index (χ3n) is 2.17. The maximum Gasteiger partial charge on any atom is 2.00 e. The van der Waals surface area contributed by atoms with Crippen molar-refractivity contribution in [3.8, 4) is 5.75 Å². The number of hydrogen-bond acceptors (Lipinski definition) is 1. The fourth-order valence-electron chi connectivity index (χ4n) is 1.30. The minimum absolute atomic E-state index is 0. The number of benzene rings is 1. The van der Waals surface area contributed by atoms with Crippen LogP contribution in [-0.4, -0.2) is 7.11 Å². The molecule has 2 aliphatic rings. The van der Waals surface area contributed by atoms with Crippen molar-refractivity contribution >= 4 is 5.57 Å². The van der Waals surface area contributed by atoms with E-state index in [-0.39, 0.29) is 17.1 Å². The van der Waals surface area contributed by atoms with E-state index in [1.165, 1.54) is 0 Å². The number of rotatable bonds is 2. The van der Waals surface area contributed by atoms with E-state index in [4.69, 9.17) is 4.74 Å². The van der Waals surface area contributed by atoms with Crippen LogP contribution in [0.15, 0.2) is 64.7 Å². The number of ether oxygens (including phenoxy) is 1. The molecule has 1 aromatic rings. The molecule has 0 saturated heterocycles. The third kappa shape index (κ3) is 4.46. The van der Waals surface area contributed by atoms with E-state index in [2.05, 4.69) is 46.5 Å². The Kier molecular flexibility index (Phi) is 6.15. The first kappa shape index (κ1) is 14.8. The number of hydrogen-bond donors (Lipinski definition) is 0. The van der Waals surface area contributed by atoms with Crippen molar-refractivity contribution in [2.24, 2.45) is 0 Å². The van der Waals surface area contributed by atoms with Crippen molar-refractivity contribution in [1.29, 1.82) is 0 Å². The Hall–Kier alpha value is -2.30. The van der Waals surface area contributed by atoms with Gasteiger partial charge in [-0.05, 0) is 12.1 Å². The molecular weight excluding hydrogens is 276 g/mol. The molecule has 0 bridgehead atoms. The second-order valence-electron chi connectivity index (χ2n) is 3.29. The summed E-state index contributed by atoms with van der Waals surface area (Å²) in [7, 11) is 1.65. The van der Waals surface area contributed by atoms with Gasteiger partial charge in [0.1, 0.15) is 5.75 Å². The third-order valence-corrected chi connectivity index (χ3v) is 2.17. The molecule has 1 nitrogen and oxygen atoms in total. The Bertz CT molecular complexity index is 698. The smallest absolute Gasteiger partial charge is 0.497 e. The van der Waals surface area contributed by atoms with Crippen LogP contribution in [0, 0.1) is 12.2 Å². The van der Waals surface area contributed by atoms with Crippen LogP contribution in [0.2, 0.25) is 0 Å². The van der Waals surface area contributed by atoms with Gasteiger partial charge in [0, 0.05) is 0 Å². The summed E-state index contributed by atoms with van der Waals surface area (Å²) in [6.07, 6.45) is 7.18. The topological polar surface area (TPSA) is 9.23 Å². The number of methoxy groups -OCH3 is 1. The molecule has 0 amide bonds. The van der Waals surface area contributed by atoms with Gasteiger partial charge in [-0.15, -0.1) is 17.7 Å². The average Bonchev–Trinajstić information content (AvgIpc) is 3.14. The Labute approximate surface area is 123 Å². The molecule has 0 radical (unpaired) electrons. The van der Waals surface area contributed by atoms with Crippen molar-refractivity contribution in [2.45, 2.75) is 0 Å². The van der Waals surface area contributed by atoms with E-state index in [0.29, 0.717) is 0 Å². The largest absolute Gasteiger partial charge is 2.00 e. The number of allylic oxidation sites excluding steroid dienone is 4. The fraction of sp³-hybridized carbons (Fsp3) is 0.0588. The summed E-state index contributed by atoms with van der Waals surface area (Å²) in [5, 5.41) is 0.